The molecular formula is C28H37N7O2. The van der Waals surface area contributed by atoms with Crippen molar-refractivity contribution in [2.75, 3.05) is 56.2 Å². The van der Waals surface area contributed by atoms with Crippen LogP contribution in [0.4, 0.5) is 11.6 Å². The number of nitrogens with zero attached hydrogens (tertiary/aromatic N) is 6. The van der Waals surface area contributed by atoms with Gasteiger partial charge in [-0.15, -0.1) is 0 Å². The fourth-order valence-electron chi connectivity index (χ4n) is 5.66. The first-order chi connectivity index (χ1) is 18.3. The van der Waals surface area contributed by atoms with Gasteiger partial charge < -0.3 is 24.6 Å². The lowest BCUT2D eigenvalue weighted by molar-refractivity contribution is 0.122. The van der Waals surface area contributed by atoms with Crippen molar-refractivity contribution in [1.29, 1.82) is 0 Å². The van der Waals surface area contributed by atoms with Crippen molar-refractivity contribution in [3.63, 3.8) is 0 Å². The summed E-state index contributed by atoms with van der Waals surface area (Å²) in [6.45, 7) is 6.82. The van der Waals surface area contributed by atoms with E-state index in [0.717, 1.165) is 93.4 Å². The minimum atomic E-state index is 0.164. The summed E-state index contributed by atoms with van der Waals surface area (Å²) >= 11 is 0. The number of hydrogen-bond acceptors (Lipinski definition) is 9. The molecule has 2 aromatic heterocycles. The lowest BCUT2D eigenvalue weighted by atomic mass is 9.93. The van der Waals surface area contributed by atoms with Gasteiger partial charge in [0.2, 0.25) is 5.95 Å². The number of hydrogen-bond donors (Lipinski definition) is 1. The van der Waals surface area contributed by atoms with Crippen LogP contribution in [-0.2, 0) is 11.2 Å². The molecule has 0 atom stereocenters. The second-order valence-corrected chi connectivity index (χ2v) is 10.4. The van der Waals surface area contributed by atoms with E-state index in [9.17, 15) is 0 Å². The van der Waals surface area contributed by atoms with Crippen LogP contribution in [0.5, 0.6) is 5.75 Å². The van der Waals surface area contributed by atoms with Crippen LogP contribution in [0.1, 0.15) is 44.1 Å². The van der Waals surface area contributed by atoms with Gasteiger partial charge in [-0.2, -0.15) is 0 Å². The molecule has 0 unspecified atom stereocenters. The van der Waals surface area contributed by atoms with Gasteiger partial charge in [0.15, 0.2) is 0 Å². The number of morpholine rings is 1. The Labute approximate surface area is 218 Å². The van der Waals surface area contributed by atoms with Gasteiger partial charge in [-0.25, -0.2) is 15.0 Å². The zero-order valence-electron chi connectivity index (χ0n) is 21.5. The molecule has 3 aromatic rings. The van der Waals surface area contributed by atoms with Crippen LogP contribution in [0.2, 0.25) is 0 Å². The predicted molar refractivity (Wildman–Crippen MR) is 144 cm³/mol. The van der Waals surface area contributed by atoms with Crippen LogP contribution in [0.15, 0.2) is 36.9 Å². The first-order valence-corrected chi connectivity index (χ1v) is 13.8. The fraction of sp³-hybridized carbons (Fsp3) is 0.571. The van der Waals surface area contributed by atoms with Gasteiger partial charge >= 0.3 is 0 Å². The molecule has 1 aliphatic carbocycles. The monoisotopic (exact) mass is 503 g/mol. The lowest BCUT2D eigenvalue weighted by Crippen LogP contribution is -2.36. The average Bonchev–Trinajstić information content (AvgIpc) is 3.48. The van der Waals surface area contributed by atoms with Gasteiger partial charge in [-0.3, -0.25) is 4.98 Å². The van der Waals surface area contributed by atoms with E-state index in [4.69, 9.17) is 9.47 Å². The predicted octanol–water partition coefficient (Wildman–Crippen LogP) is 3.70. The minimum Gasteiger partial charge on any atom is -0.488 e. The highest BCUT2D eigenvalue weighted by molar-refractivity contribution is 5.85. The molecule has 37 heavy (non-hydrogen) atoms. The van der Waals surface area contributed by atoms with E-state index >= 15 is 0 Å². The highest BCUT2D eigenvalue weighted by atomic mass is 16.5. The van der Waals surface area contributed by atoms with E-state index in [0.29, 0.717) is 6.04 Å². The van der Waals surface area contributed by atoms with Crippen LogP contribution < -0.4 is 15.0 Å². The quantitative estimate of drug-likeness (QED) is 0.494. The SMILES string of the molecule is c1cnc2c(O[C@H]3CC[C@@H](Nc4ncc(CCN5CCCC5)cn4)CC3)cc(N3CCOCC3)cc2n1. The topological polar surface area (TPSA) is 88.5 Å². The molecule has 3 aliphatic rings. The summed E-state index contributed by atoms with van der Waals surface area (Å²) in [4.78, 5) is 23.2. The number of benzene rings is 1. The van der Waals surface area contributed by atoms with Crippen molar-refractivity contribution in [3.05, 3.63) is 42.5 Å². The molecule has 9 heteroatoms. The third-order valence-corrected chi connectivity index (χ3v) is 7.82. The zero-order chi connectivity index (χ0) is 24.9. The van der Waals surface area contributed by atoms with Gasteiger partial charge in [0, 0.05) is 62.2 Å². The van der Waals surface area contributed by atoms with Gasteiger partial charge in [0.05, 0.1) is 24.8 Å². The Morgan fingerprint density at radius 2 is 1.65 bits per heavy atom. The Kier molecular flexibility index (Phi) is 7.60. The summed E-state index contributed by atoms with van der Waals surface area (Å²) in [5, 5.41) is 3.54. The third-order valence-electron chi connectivity index (χ3n) is 7.82. The van der Waals surface area contributed by atoms with E-state index in [2.05, 4.69) is 47.2 Å². The Bertz CT molecular complexity index is 1150. The summed E-state index contributed by atoms with van der Waals surface area (Å²) in [7, 11) is 0. The van der Waals surface area contributed by atoms with E-state index in [-0.39, 0.29) is 6.10 Å². The Morgan fingerprint density at radius 1 is 0.892 bits per heavy atom. The molecule has 1 aromatic carbocycles. The molecule has 9 nitrogen and oxygen atoms in total. The summed E-state index contributed by atoms with van der Waals surface area (Å²) in [6, 6.07) is 4.61. The lowest BCUT2D eigenvalue weighted by Gasteiger charge is -2.31. The number of fused-ring (bicyclic) bond motifs is 1. The summed E-state index contributed by atoms with van der Waals surface area (Å²) in [5.41, 5.74) is 4.04. The van der Waals surface area contributed by atoms with E-state index < -0.39 is 0 Å². The maximum absolute atomic E-state index is 6.56. The minimum absolute atomic E-state index is 0.164. The Morgan fingerprint density at radius 3 is 2.43 bits per heavy atom. The van der Waals surface area contributed by atoms with E-state index in [1.165, 1.54) is 31.5 Å². The smallest absolute Gasteiger partial charge is 0.222 e. The van der Waals surface area contributed by atoms with Crippen molar-refractivity contribution < 1.29 is 9.47 Å². The zero-order valence-corrected chi connectivity index (χ0v) is 21.5. The molecule has 1 saturated carbocycles. The number of ether oxygens (including phenoxy) is 2. The maximum atomic E-state index is 6.56. The van der Waals surface area contributed by atoms with Gasteiger partial charge in [0.25, 0.3) is 0 Å². The molecule has 0 amide bonds. The Hall–Kier alpha value is -3.04. The molecule has 2 aliphatic heterocycles. The number of likely N-dealkylation sites (tertiary alicyclic amines) is 1. The second-order valence-electron chi connectivity index (χ2n) is 10.4. The molecule has 6 rings (SSSR count). The van der Waals surface area contributed by atoms with Gasteiger partial charge in [-0.05, 0) is 69.7 Å². The molecule has 0 spiro atoms. The molecular weight excluding hydrogens is 466 g/mol. The number of rotatable bonds is 8. The van der Waals surface area contributed by atoms with Gasteiger partial charge in [-0.1, -0.05) is 0 Å². The van der Waals surface area contributed by atoms with E-state index in [1.807, 2.05) is 12.4 Å². The first kappa shape index (κ1) is 24.3. The van der Waals surface area contributed by atoms with Crippen molar-refractivity contribution in [2.24, 2.45) is 0 Å². The number of anilines is 2. The normalized spacial score (nSPS) is 22.9. The van der Waals surface area contributed by atoms with Crippen LogP contribution in [0.3, 0.4) is 0 Å². The van der Waals surface area contributed by atoms with Crippen LogP contribution in [0.25, 0.3) is 11.0 Å². The Balaban J connectivity index is 1.03. The number of aromatic nitrogens is 4. The van der Waals surface area contributed by atoms with Crippen molar-refractivity contribution >= 4 is 22.7 Å². The largest absolute Gasteiger partial charge is 0.488 e. The van der Waals surface area contributed by atoms with Crippen LogP contribution >= 0.6 is 0 Å². The second kappa shape index (κ2) is 11.6. The van der Waals surface area contributed by atoms with Gasteiger partial charge in [0.1, 0.15) is 11.3 Å². The van der Waals surface area contributed by atoms with E-state index in [1.54, 1.807) is 12.4 Å². The molecule has 1 N–H and O–H groups in total. The molecule has 196 valence electrons. The molecule has 3 fully saturated rings. The molecule has 0 radical (unpaired) electrons. The van der Waals surface area contributed by atoms with Crippen molar-refractivity contribution in [3.8, 4) is 5.75 Å². The highest BCUT2D eigenvalue weighted by Crippen LogP contribution is 2.33. The summed E-state index contributed by atoms with van der Waals surface area (Å²) in [6.07, 6.45) is 15.3. The fourth-order valence-corrected chi connectivity index (χ4v) is 5.66. The standard InChI is InChI=1S/C28H37N7O2/c1-2-11-34(10-1)12-7-21-19-31-28(32-20-21)33-22-3-5-24(6-4-22)37-26-18-23(35-13-15-36-16-14-35)17-25-27(26)30-9-8-29-25/h8-9,17-20,22,24H,1-7,10-16H2,(H,31,32,33)/t22-,24+. The van der Waals surface area contributed by atoms with Crippen molar-refractivity contribution in [1.82, 2.24) is 24.8 Å². The van der Waals surface area contributed by atoms with Crippen molar-refractivity contribution in [2.45, 2.75) is 57.1 Å². The van der Waals surface area contributed by atoms with Crippen LogP contribution in [0, 0.1) is 0 Å². The average molecular weight is 504 g/mol. The molecule has 4 heterocycles. The first-order valence-electron chi connectivity index (χ1n) is 13.8. The molecule has 0 bridgehead atoms. The third kappa shape index (κ3) is 6.10. The highest BCUT2D eigenvalue weighted by Gasteiger charge is 2.25. The summed E-state index contributed by atoms with van der Waals surface area (Å²) in [5.74, 6) is 1.56. The van der Waals surface area contributed by atoms with Crippen LogP contribution in [-0.4, -0.2) is 82.9 Å². The number of nitrogens with one attached hydrogen (secondary N) is 1. The maximum Gasteiger partial charge on any atom is 0.222 e. The molecule has 2 saturated heterocycles. The summed E-state index contributed by atoms with van der Waals surface area (Å²) < 4.78 is 12.1.